The number of esters is 1. The number of carbonyl (C=O) groups is 1. The van der Waals surface area contributed by atoms with Crippen molar-refractivity contribution in [2.24, 2.45) is 0 Å². The standard InChI is InChI=1S/C9H7ClF3NO2/c10-6-2-1-5(3-7(6)14)8(15)16-4-9(11,12)13/h1-3H,4,14H2. The fourth-order valence-electron chi connectivity index (χ4n) is 0.901. The summed E-state index contributed by atoms with van der Waals surface area (Å²) < 4.78 is 39.3. The number of hydrogen-bond acceptors (Lipinski definition) is 3. The van der Waals surface area contributed by atoms with Gasteiger partial charge in [-0.2, -0.15) is 13.2 Å². The van der Waals surface area contributed by atoms with Gasteiger partial charge in [0, 0.05) is 0 Å². The van der Waals surface area contributed by atoms with E-state index in [1.165, 1.54) is 12.1 Å². The second kappa shape index (κ2) is 4.61. The van der Waals surface area contributed by atoms with Crippen molar-refractivity contribution in [3.63, 3.8) is 0 Å². The number of nitrogens with two attached hydrogens (primary N) is 1. The highest BCUT2D eigenvalue weighted by molar-refractivity contribution is 6.33. The molecule has 0 aliphatic heterocycles. The predicted molar refractivity (Wildman–Crippen MR) is 52.2 cm³/mol. The fourth-order valence-corrected chi connectivity index (χ4v) is 1.02. The number of rotatable bonds is 2. The number of carbonyl (C=O) groups excluding carboxylic acids is 1. The van der Waals surface area contributed by atoms with Crippen molar-refractivity contribution in [1.29, 1.82) is 0 Å². The van der Waals surface area contributed by atoms with Gasteiger partial charge in [0.1, 0.15) is 0 Å². The number of ether oxygens (including phenoxy) is 1. The molecule has 0 aromatic heterocycles. The molecule has 0 saturated carbocycles. The van der Waals surface area contributed by atoms with Crippen LogP contribution in [0.1, 0.15) is 10.4 Å². The Morgan fingerprint density at radius 2 is 2.06 bits per heavy atom. The first-order chi connectivity index (χ1) is 7.29. The summed E-state index contributed by atoms with van der Waals surface area (Å²) in [6.45, 7) is -1.63. The SMILES string of the molecule is Nc1cc(C(=O)OCC(F)(F)F)ccc1Cl. The van der Waals surface area contributed by atoms with Crippen molar-refractivity contribution in [2.45, 2.75) is 6.18 Å². The molecule has 0 amide bonds. The lowest BCUT2D eigenvalue weighted by Crippen LogP contribution is -2.20. The average molecular weight is 254 g/mol. The van der Waals surface area contributed by atoms with Gasteiger partial charge in [-0.1, -0.05) is 11.6 Å². The molecule has 0 fully saturated rings. The zero-order valence-corrected chi connectivity index (χ0v) is 8.60. The molecule has 0 aliphatic rings. The third kappa shape index (κ3) is 3.62. The molecule has 3 nitrogen and oxygen atoms in total. The summed E-state index contributed by atoms with van der Waals surface area (Å²) in [5.41, 5.74) is 5.40. The monoisotopic (exact) mass is 253 g/mol. The van der Waals surface area contributed by atoms with E-state index in [0.717, 1.165) is 6.07 Å². The fraction of sp³-hybridized carbons (Fsp3) is 0.222. The molecule has 0 heterocycles. The van der Waals surface area contributed by atoms with Crippen LogP contribution in [0, 0.1) is 0 Å². The summed E-state index contributed by atoms with van der Waals surface area (Å²) >= 11 is 5.58. The van der Waals surface area contributed by atoms with Crippen LogP contribution < -0.4 is 5.73 Å². The van der Waals surface area contributed by atoms with Crippen LogP contribution in [0.5, 0.6) is 0 Å². The predicted octanol–water partition coefficient (Wildman–Crippen LogP) is 2.64. The molecular weight excluding hydrogens is 247 g/mol. The van der Waals surface area contributed by atoms with E-state index >= 15 is 0 Å². The molecule has 0 radical (unpaired) electrons. The zero-order chi connectivity index (χ0) is 12.3. The topological polar surface area (TPSA) is 52.3 Å². The van der Waals surface area contributed by atoms with Gasteiger partial charge >= 0.3 is 12.1 Å². The summed E-state index contributed by atoms with van der Waals surface area (Å²) in [5, 5.41) is 0.215. The molecule has 1 rings (SSSR count). The van der Waals surface area contributed by atoms with E-state index in [1.807, 2.05) is 0 Å². The Balaban J connectivity index is 2.70. The van der Waals surface area contributed by atoms with Crippen LogP contribution in [0.4, 0.5) is 18.9 Å². The van der Waals surface area contributed by atoms with Crippen LogP contribution in [0.2, 0.25) is 5.02 Å². The third-order valence-corrected chi connectivity index (χ3v) is 1.94. The van der Waals surface area contributed by atoms with Crippen molar-refractivity contribution >= 4 is 23.3 Å². The zero-order valence-electron chi connectivity index (χ0n) is 7.84. The van der Waals surface area contributed by atoms with Gasteiger partial charge in [-0.15, -0.1) is 0 Å². The Hall–Kier alpha value is -1.43. The van der Waals surface area contributed by atoms with Crippen LogP contribution in [0.15, 0.2) is 18.2 Å². The molecule has 16 heavy (non-hydrogen) atoms. The maximum Gasteiger partial charge on any atom is 0.422 e. The largest absolute Gasteiger partial charge is 0.452 e. The first kappa shape index (κ1) is 12.6. The lowest BCUT2D eigenvalue weighted by atomic mass is 10.2. The number of halogens is 4. The molecule has 0 saturated heterocycles. The van der Waals surface area contributed by atoms with Crippen molar-refractivity contribution in [3.8, 4) is 0 Å². The number of benzene rings is 1. The van der Waals surface area contributed by atoms with Crippen LogP contribution in [0.3, 0.4) is 0 Å². The summed E-state index contributed by atoms with van der Waals surface area (Å²) in [5.74, 6) is -1.10. The molecule has 0 unspecified atom stereocenters. The number of hydrogen-bond donors (Lipinski definition) is 1. The average Bonchev–Trinajstić information content (AvgIpc) is 2.17. The molecule has 1 aromatic rings. The van der Waals surface area contributed by atoms with Gasteiger partial charge in [0.15, 0.2) is 6.61 Å². The molecule has 88 valence electrons. The van der Waals surface area contributed by atoms with Crippen molar-refractivity contribution in [3.05, 3.63) is 28.8 Å². The minimum absolute atomic E-state index is 0.0776. The quantitative estimate of drug-likeness (QED) is 0.651. The Morgan fingerprint density at radius 3 is 2.56 bits per heavy atom. The van der Waals surface area contributed by atoms with Gasteiger partial charge in [0.05, 0.1) is 16.3 Å². The van der Waals surface area contributed by atoms with Gasteiger partial charge in [-0.05, 0) is 18.2 Å². The molecule has 2 N–H and O–H groups in total. The smallest absolute Gasteiger partial charge is 0.422 e. The Labute approximate surface area is 93.9 Å². The Morgan fingerprint density at radius 1 is 1.44 bits per heavy atom. The van der Waals surface area contributed by atoms with Crippen LogP contribution in [0.25, 0.3) is 0 Å². The molecule has 0 bridgehead atoms. The van der Waals surface area contributed by atoms with E-state index in [9.17, 15) is 18.0 Å². The van der Waals surface area contributed by atoms with E-state index in [-0.39, 0.29) is 16.3 Å². The molecule has 7 heteroatoms. The highest BCUT2D eigenvalue weighted by atomic mass is 35.5. The highest BCUT2D eigenvalue weighted by Gasteiger charge is 2.29. The van der Waals surface area contributed by atoms with Gasteiger partial charge in [0.2, 0.25) is 0 Å². The van der Waals surface area contributed by atoms with Crippen molar-refractivity contribution in [1.82, 2.24) is 0 Å². The van der Waals surface area contributed by atoms with Crippen molar-refractivity contribution < 1.29 is 22.7 Å². The Bertz CT molecular complexity index is 406. The van der Waals surface area contributed by atoms with Gasteiger partial charge in [-0.25, -0.2) is 4.79 Å². The van der Waals surface area contributed by atoms with Gasteiger partial charge in [-0.3, -0.25) is 0 Å². The van der Waals surface area contributed by atoms with Crippen molar-refractivity contribution in [2.75, 3.05) is 12.3 Å². The van der Waals surface area contributed by atoms with Gasteiger partial charge < -0.3 is 10.5 Å². The summed E-state index contributed by atoms with van der Waals surface area (Å²) in [6.07, 6.45) is -4.55. The molecular formula is C9H7ClF3NO2. The maximum atomic E-state index is 11.8. The minimum Gasteiger partial charge on any atom is -0.452 e. The lowest BCUT2D eigenvalue weighted by molar-refractivity contribution is -0.161. The highest BCUT2D eigenvalue weighted by Crippen LogP contribution is 2.21. The van der Waals surface area contributed by atoms with E-state index in [2.05, 4.69) is 4.74 Å². The van der Waals surface area contributed by atoms with Crippen LogP contribution in [-0.2, 0) is 4.74 Å². The molecule has 0 spiro atoms. The molecule has 1 aromatic carbocycles. The first-order valence-corrected chi connectivity index (χ1v) is 4.46. The summed E-state index contributed by atoms with van der Waals surface area (Å²) in [7, 11) is 0. The summed E-state index contributed by atoms with van der Waals surface area (Å²) in [4.78, 5) is 11.1. The van der Waals surface area contributed by atoms with Crippen LogP contribution >= 0.6 is 11.6 Å². The van der Waals surface area contributed by atoms with Gasteiger partial charge in [0.25, 0.3) is 0 Å². The minimum atomic E-state index is -4.55. The normalized spacial score (nSPS) is 11.2. The maximum absolute atomic E-state index is 11.8. The Kier molecular flexibility index (Phi) is 3.64. The number of nitrogen functional groups attached to an aromatic ring is 1. The first-order valence-electron chi connectivity index (χ1n) is 4.08. The number of anilines is 1. The number of alkyl halides is 3. The van der Waals surface area contributed by atoms with E-state index < -0.39 is 18.8 Å². The van der Waals surface area contributed by atoms with E-state index in [1.54, 1.807) is 0 Å². The summed E-state index contributed by atoms with van der Waals surface area (Å²) in [6, 6.07) is 3.69. The molecule has 0 aliphatic carbocycles. The molecule has 0 atom stereocenters. The van der Waals surface area contributed by atoms with E-state index in [4.69, 9.17) is 17.3 Å². The second-order valence-corrected chi connectivity index (χ2v) is 3.33. The van der Waals surface area contributed by atoms with E-state index in [0.29, 0.717) is 0 Å². The second-order valence-electron chi connectivity index (χ2n) is 2.93. The lowest BCUT2D eigenvalue weighted by Gasteiger charge is -2.08. The van der Waals surface area contributed by atoms with Crippen LogP contribution in [-0.4, -0.2) is 18.8 Å². The third-order valence-electron chi connectivity index (χ3n) is 1.60.